The minimum atomic E-state index is -1.19. The van der Waals surface area contributed by atoms with E-state index in [9.17, 15) is 4.39 Å². The molecule has 0 unspecified atom stereocenters. The number of rotatable bonds is 10. The lowest BCUT2D eigenvalue weighted by Crippen LogP contribution is -2.14. The maximum atomic E-state index is 14.2. The fraction of sp³-hybridized carbons (Fsp3) is 0.379. The molecule has 1 rings (SSSR count). The highest BCUT2D eigenvalue weighted by Crippen LogP contribution is 2.29. The summed E-state index contributed by atoms with van der Waals surface area (Å²) in [6, 6.07) is 4.36. The Hall–Kier alpha value is -2.41. The molecule has 162 valence electrons. The van der Waals surface area contributed by atoms with Crippen molar-refractivity contribution in [2.24, 2.45) is 0 Å². The molecular formula is C29H39F. The first-order chi connectivity index (χ1) is 13.9. The van der Waals surface area contributed by atoms with Crippen LogP contribution in [0.4, 0.5) is 4.39 Å². The average Bonchev–Trinajstić information content (AvgIpc) is 2.63. The zero-order valence-corrected chi connectivity index (χ0v) is 20.1. The van der Waals surface area contributed by atoms with Crippen molar-refractivity contribution in [1.29, 1.82) is 0 Å². The lowest BCUT2D eigenvalue weighted by atomic mass is 9.87. The van der Waals surface area contributed by atoms with Gasteiger partial charge in [0.15, 0.2) is 0 Å². The molecule has 0 amide bonds. The van der Waals surface area contributed by atoms with Gasteiger partial charge in [-0.15, -0.1) is 0 Å². The Morgan fingerprint density at radius 2 is 1.73 bits per heavy atom. The van der Waals surface area contributed by atoms with E-state index >= 15 is 0 Å². The molecule has 0 aliphatic rings. The van der Waals surface area contributed by atoms with E-state index in [0.29, 0.717) is 12.8 Å². The highest BCUT2D eigenvalue weighted by atomic mass is 19.1. The van der Waals surface area contributed by atoms with Crippen LogP contribution in [0.2, 0.25) is 0 Å². The highest BCUT2D eigenvalue weighted by Gasteiger charge is 2.18. The number of hydrogen-bond acceptors (Lipinski definition) is 0. The number of hydrogen-bond donors (Lipinski definition) is 0. The molecule has 1 heteroatoms. The lowest BCUT2D eigenvalue weighted by Gasteiger charge is -2.20. The van der Waals surface area contributed by atoms with Gasteiger partial charge in [-0.3, -0.25) is 0 Å². The molecule has 0 fully saturated rings. The summed E-state index contributed by atoms with van der Waals surface area (Å²) in [6.45, 7) is 26.0. The van der Waals surface area contributed by atoms with Crippen LogP contribution in [0.3, 0.4) is 0 Å². The van der Waals surface area contributed by atoms with Crippen LogP contribution in [0, 0.1) is 6.92 Å². The van der Waals surface area contributed by atoms with Gasteiger partial charge in [0.25, 0.3) is 0 Å². The second kappa shape index (κ2) is 11.1. The molecule has 0 spiro atoms. The fourth-order valence-corrected chi connectivity index (χ4v) is 3.26. The number of benzene rings is 1. The standard InChI is InChI=1S/C29H39F/c1-11-12-13-25(20(2)3)16-22(6)23(7)18-28-24(8)17-27(21(4)5)19-26(28)14-15-29(9,10)30/h11-13,16-17,19H,1,4,7,14-15,18H2,2-3,5-6,8-10H3/b13-12-,22-16+. The summed E-state index contributed by atoms with van der Waals surface area (Å²) < 4.78 is 14.2. The largest absolute Gasteiger partial charge is 0.244 e. The first-order valence-electron chi connectivity index (χ1n) is 10.7. The molecule has 0 saturated heterocycles. The summed E-state index contributed by atoms with van der Waals surface area (Å²) in [5, 5.41) is 0. The molecule has 0 nitrogen and oxygen atoms in total. The topological polar surface area (TPSA) is 0 Å². The van der Waals surface area contributed by atoms with Gasteiger partial charge in [0.1, 0.15) is 5.67 Å². The molecule has 0 bridgehead atoms. The van der Waals surface area contributed by atoms with Crippen molar-refractivity contribution in [2.45, 2.75) is 73.4 Å². The molecule has 0 saturated carbocycles. The molecule has 0 aliphatic carbocycles. The van der Waals surface area contributed by atoms with Gasteiger partial charge in [-0.2, -0.15) is 0 Å². The molecule has 30 heavy (non-hydrogen) atoms. The van der Waals surface area contributed by atoms with Crippen molar-refractivity contribution in [3.05, 3.63) is 101 Å². The van der Waals surface area contributed by atoms with Crippen LogP contribution < -0.4 is 0 Å². The van der Waals surface area contributed by atoms with Crippen LogP contribution in [0.1, 0.15) is 70.2 Å². The van der Waals surface area contributed by atoms with Crippen molar-refractivity contribution < 1.29 is 4.39 Å². The zero-order chi connectivity index (χ0) is 23.1. The van der Waals surface area contributed by atoms with Gasteiger partial charge < -0.3 is 0 Å². The van der Waals surface area contributed by atoms with Crippen molar-refractivity contribution in [3.63, 3.8) is 0 Å². The highest BCUT2D eigenvalue weighted by molar-refractivity contribution is 5.64. The summed E-state index contributed by atoms with van der Waals surface area (Å²) >= 11 is 0. The van der Waals surface area contributed by atoms with Gasteiger partial charge in [-0.05, 0) is 107 Å². The second-order valence-corrected chi connectivity index (χ2v) is 9.09. The third kappa shape index (κ3) is 8.14. The van der Waals surface area contributed by atoms with E-state index in [0.717, 1.165) is 28.7 Å². The van der Waals surface area contributed by atoms with Crippen LogP contribution in [-0.2, 0) is 12.8 Å². The van der Waals surface area contributed by atoms with Gasteiger partial charge in [-0.1, -0.05) is 67.3 Å². The minimum Gasteiger partial charge on any atom is -0.244 e. The number of alkyl halides is 1. The Morgan fingerprint density at radius 3 is 2.23 bits per heavy atom. The third-order valence-electron chi connectivity index (χ3n) is 5.36. The average molecular weight is 407 g/mol. The Balaban J connectivity index is 3.30. The Morgan fingerprint density at radius 1 is 1.10 bits per heavy atom. The summed E-state index contributed by atoms with van der Waals surface area (Å²) in [5.41, 5.74) is 9.27. The molecule has 0 aromatic heterocycles. The van der Waals surface area contributed by atoms with Gasteiger partial charge in [0, 0.05) is 0 Å². The van der Waals surface area contributed by atoms with Gasteiger partial charge in [-0.25, -0.2) is 4.39 Å². The normalized spacial score (nSPS) is 12.2. The van der Waals surface area contributed by atoms with Gasteiger partial charge >= 0.3 is 0 Å². The second-order valence-electron chi connectivity index (χ2n) is 9.09. The van der Waals surface area contributed by atoms with Crippen LogP contribution in [-0.4, -0.2) is 5.67 Å². The molecular weight excluding hydrogens is 367 g/mol. The number of allylic oxidation sites excluding steroid dienone is 9. The maximum absolute atomic E-state index is 14.2. The first kappa shape index (κ1) is 25.6. The smallest absolute Gasteiger partial charge is 0.105 e. The van der Waals surface area contributed by atoms with E-state index < -0.39 is 5.67 Å². The van der Waals surface area contributed by atoms with Gasteiger partial charge in [0.05, 0.1) is 0 Å². The molecule has 0 aliphatic heterocycles. The Kier molecular flexibility index (Phi) is 9.49. The van der Waals surface area contributed by atoms with E-state index in [1.807, 2.05) is 13.0 Å². The zero-order valence-electron chi connectivity index (χ0n) is 20.1. The van der Waals surface area contributed by atoms with Crippen molar-refractivity contribution in [3.8, 4) is 0 Å². The molecule has 1 aromatic rings. The van der Waals surface area contributed by atoms with E-state index in [1.165, 1.54) is 27.8 Å². The SMILES string of the molecule is C=C/C=C\C(/C=C(\C)C(=C)Cc1c(C)cc(C(=C)C)cc1CCC(C)(C)F)=C(C)C. The third-order valence-corrected chi connectivity index (χ3v) is 5.36. The summed E-state index contributed by atoms with van der Waals surface area (Å²) in [7, 11) is 0. The molecule has 1 aromatic carbocycles. The quantitative estimate of drug-likeness (QED) is 0.340. The van der Waals surface area contributed by atoms with Crippen molar-refractivity contribution in [2.75, 3.05) is 0 Å². The van der Waals surface area contributed by atoms with E-state index in [1.54, 1.807) is 19.9 Å². The number of halogens is 1. The van der Waals surface area contributed by atoms with Crippen LogP contribution >= 0.6 is 0 Å². The first-order valence-corrected chi connectivity index (χ1v) is 10.7. The van der Waals surface area contributed by atoms with Crippen molar-refractivity contribution in [1.82, 2.24) is 0 Å². The van der Waals surface area contributed by atoms with E-state index in [4.69, 9.17) is 0 Å². The monoisotopic (exact) mass is 406 g/mol. The van der Waals surface area contributed by atoms with Crippen LogP contribution in [0.15, 0.2) is 78.5 Å². The van der Waals surface area contributed by atoms with E-state index in [2.05, 4.69) is 71.7 Å². The lowest BCUT2D eigenvalue weighted by molar-refractivity contribution is 0.202. The van der Waals surface area contributed by atoms with Crippen molar-refractivity contribution >= 4 is 5.57 Å². The minimum absolute atomic E-state index is 0.495. The Labute approximate surface area is 184 Å². The van der Waals surface area contributed by atoms with Gasteiger partial charge in [0.2, 0.25) is 0 Å². The van der Waals surface area contributed by atoms with E-state index in [-0.39, 0.29) is 0 Å². The molecule has 0 N–H and O–H groups in total. The van der Waals surface area contributed by atoms with Crippen LogP contribution in [0.5, 0.6) is 0 Å². The van der Waals surface area contributed by atoms with Crippen LogP contribution in [0.25, 0.3) is 5.57 Å². The number of aryl methyl sites for hydroxylation is 2. The maximum Gasteiger partial charge on any atom is 0.105 e. The Bertz CT molecular complexity index is 891. The predicted molar refractivity (Wildman–Crippen MR) is 134 cm³/mol. The molecule has 0 atom stereocenters. The fourth-order valence-electron chi connectivity index (χ4n) is 3.26. The summed E-state index contributed by atoms with van der Waals surface area (Å²) in [5.74, 6) is 0. The summed E-state index contributed by atoms with van der Waals surface area (Å²) in [4.78, 5) is 0. The molecule has 0 radical (unpaired) electrons. The predicted octanol–water partition coefficient (Wildman–Crippen LogP) is 8.83. The summed E-state index contributed by atoms with van der Waals surface area (Å²) in [6.07, 6.45) is 9.94. The molecule has 0 heterocycles.